The van der Waals surface area contributed by atoms with Crippen molar-refractivity contribution in [1.82, 2.24) is 19.9 Å². The lowest BCUT2D eigenvalue weighted by molar-refractivity contribution is 0.198. The molecule has 1 aliphatic heterocycles. The van der Waals surface area contributed by atoms with E-state index in [0.29, 0.717) is 11.7 Å². The second-order valence-electron chi connectivity index (χ2n) is 8.78. The Kier molecular flexibility index (Phi) is 6.13. The first-order chi connectivity index (χ1) is 16.2. The van der Waals surface area contributed by atoms with Crippen molar-refractivity contribution in [3.8, 4) is 28.3 Å². The van der Waals surface area contributed by atoms with E-state index in [1.807, 2.05) is 30.5 Å². The third-order valence-corrected chi connectivity index (χ3v) is 6.43. The highest BCUT2D eigenvalue weighted by atomic mass is 16.3. The van der Waals surface area contributed by atoms with E-state index in [0.717, 1.165) is 55.1 Å². The number of piperidine rings is 1. The number of hydrogen-bond donors (Lipinski definition) is 1. The molecule has 1 atom stereocenters. The summed E-state index contributed by atoms with van der Waals surface area (Å²) >= 11 is 0. The minimum atomic E-state index is 0.308. The highest BCUT2D eigenvalue weighted by molar-refractivity contribution is 5.70. The van der Waals surface area contributed by atoms with Crippen LogP contribution in [0.15, 0.2) is 79.3 Å². The van der Waals surface area contributed by atoms with Crippen LogP contribution in [-0.4, -0.2) is 38.0 Å². The van der Waals surface area contributed by atoms with Gasteiger partial charge in [-0.05, 0) is 67.3 Å². The molecular weight excluding hydrogens is 408 g/mol. The third kappa shape index (κ3) is 4.78. The van der Waals surface area contributed by atoms with Crippen molar-refractivity contribution in [2.24, 2.45) is 0 Å². The van der Waals surface area contributed by atoms with Gasteiger partial charge in [0.05, 0.1) is 5.69 Å². The average molecular weight is 437 g/mol. The summed E-state index contributed by atoms with van der Waals surface area (Å²) in [4.78, 5) is 16.5. The molecule has 5 nitrogen and oxygen atoms in total. The normalized spacial score (nSPS) is 16.6. The largest absolute Gasteiger partial charge is 0.508 e. The number of phenolic OH excluding ortho intramolecular Hbond substituents is 1. The molecule has 166 valence electrons. The minimum absolute atomic E-state index is 0.308. The first-order valence-electron chi connectivity index (χ1n) is 11.5. The van der Waals surface area contributed by atoms with Gasteiger partial charge in [0.1, 0.15) is 5.75 Å². The fourth-order valence-corrected chi connectivity index (χ4v) is 4.71. The van der Waals surface area contributed by atoms with E-state index in [9.17, 15) is 5.11 Å². The number of rotatable bonds is 5. The Balaban J connectivity index is 1.50. The Morgan fingerprint density at radius 2 is 1.76 bits per heavy atom. The van der Waals surface area contributed by atoms with Crippen molar-refractivity contribution in [1.29, 1.82) is 0 Å². The molecule has 5 rings (SSSR count). The molecule has 1 aliphatic rings. The van der Waals surface area contributed by atoms with E-state index in [2.05, 4.69) is 41.1 Å². The quantitative estimate of drug-likeness (QED) is 0.441. The molecule has 1 unspecified atom stereocenters. The molecule has 0 saturated carbocycles. The summed E-state index contributed by atoms with van der Waals surface area (Å²) in [7, 11) is 0. The molecule has 1 N–H and O–H groups in total. The lowest BCUT2D eigenvalue weighted by Gasteiger charge is -2.33. The van der Waals surface area contributed by atoms with Gasteiger partial charge in [-0.3, -0.25) is 9.88 Å². The molecule has 3 heterocycles. The SMILES string of the molecule is Cc1ccccc1-c1cnc(-c2ccncc2)nc1C1CCCN(Cc2ccc(O)cc2)C1. The maximum absolute atomic E-state index is 9.60. The topological polar surface area (TPSA) is 62.1 Å². The number of hydrogen-bond acceptors (Lipinski definition) is 5. The summed E-state index contributed by atoms with van der Waals surface area (Å²) in [5.74, 6) is 1.39. The van der Waals surface area contributed by atoms with E-state index in [1.54, 1.807) is 24.5 Å². The molecule has 0 spiro atoms. The molecular formula is C28H28N4O. The van der Waals surface area contributed by atoms with Gasteiger partial charge in [-0.15, -0.1) is 0 Å². The van der Waals surface area contributed by atoms with Gasteiger partial charge in [-0.1, -0.05) is 36.4 Å². The Hall–Kier alpha value is -3.57. The standard InChI is InChI=1S/C28H28N4O/c1-20-5-2-3-7-25(20)26-17-30-28(22-12-14-29-15-13-22)31-27(26)23-6-4-16-32(19-23)18-21-8-10-24(33)11-9-21/h2-3,5,7-15,17,23,33H,4,6,16,18-19H2,1H3. The molecule has 0 aliphatic carbocycles. The zero-order chi connectivity index (χ0) is 22.6. The molecule has 33 heavy (non-hydrogen) atoms. The summed E-state index contributed by atoms with van der Waals surface area (Å²) in [5, 5.41) is 9.60. The Morgan fingerprint density at radius 1 is 0.970 bits per heavy atom. The zero-order valence-corrected chi connectivity index (χ0v) is 18.9. The van der Waals surface area contributed by atoms with Crippen molar-refractivity contribution >= 4 is 0 Å². The van der Waals surface area contributed by atoms with Crippen molar-refractivity contribution in [2.45, 2.75) is 32.2 Å². The number of aryl methyl sites for hydroxylation is 1. The third-order valence-electron chi connectivity index (χ3n) is 6.43. The Morgan fingerprint density at radius 3 is 2.55 bits per heavy atom. The minimum Gasteiger partial charge on any atom is -0.508 e. The van der Waals surface area contributed by atoms with Crippen molar-refractivity contribution in [2.75, 3.05) is 13.1 Å². The molecule has 0 amide bonds. The second kappa shape index (κ2) is 9.51. The maximum Gasteiger partial charge on any atom is 0.159 e. The zero-order valence-electron chi connectivity index (χ0n) is 18.9. The number of nitrogens with zero attached hydrogens (tertiary/aromatic N) is 4. The number of phenols is 1. The first kappa shape index (κ1) is 21.3. The van der Waals surface area contributed by atoms with Crippen LogP contribution < -0.4 is 0 Å². The fourth-order valence-electron chi connectivity index (χ4n) is 4.71. The van der Waals surface area contributed by atoms with Crippen molar-refractivity contribution < 1.29 is 5.11 Å². The van der Waals surface area contributed by atoms with Gasteiger partial charge < -0.3 is 5.11 Å². The highest BCUT2D eigenvalue weighted by Crippen LogP contribution is 2.35. The first-order valence-corrected chi connectivity index (χ1v) is 11.5. The molecule has 5 heteroatoms. The van der Waals surface area contributed by atoms with E-state index >= 15 is 0 Å². The van der Waals surface area contributed by atoms with E-state index in [4.69, 9.17) is 9.97 Å². The summed E-state index contributed by atoms with van der Waals surface area (Å²) in [6.45, 7) is 5.04. The smallest absolute Gasteiger partial charge is 0.159 e. The number of likely N-dealkylation sites (tertiary alicyclic amines) is 1. The molecule has 2 aromatic carbocycles. The van der Waals surface area contributed by atoms with Crippen LogP contribution in [-0.2, 0) is 6.54 Å². The van der Waals surface area contributed by atoms with Crippen molar-refractivity contribution in [3.63, 3.8) is 0 Å². The predicted octanol–water partition coefficient (Wildman–Crippen LogP) is 5.60. The number of aromatic hydroxyl groups is 1. The van der Waals surface area contributed by atoms with Gasteiger partial charge >= 0.3 is 0 Å². The van der Waals surface area contributed by atoms with Crippen LogP contribution in [0.1, 0.15) is 35.6 Å². The number of pyridine rings is 1. The van der Waals surface area contributed by atoms with E-state index < -0.39 is 0 Å². The lowest BCUT2D eigenvalue weighted by atomic mass is 9.88. The summed E-state index contributed by atoms with van der Waals surface area (Å²) in [5.41, 5.74) is 6.89. The summed E-state index contributed by atoms with van der Waals surface area (Å²) < 4.78 is 0. The molecule has 0 radical (unpaired) electrons. The maximum atomic E-state index is 9.60. The average Bonchev–Trinajstić information content (AvgIpc) is 2.86. The van der Waals surface area contributed by atoms with Gasteiger partial charge in [-0.2, -0.15) is 0 Å². The van der Waals surface area contributed by atoms with Crippen LogP contribution in [0.3, 0.4) is 0 Å². The number of benzene rings is 2. The van der Waals surface area contributed by atoms with Gasteiger partial charge in [0.15, 0.2) is 5.82 Å². The van der Waals surface area contributed by atoms with Gasteiger partial charge in [0, 0.05) is 48.7 Å². The van der Waals surface area contributed by atoms with Crippen LogP contribution in [0.25, 0.3) is 22.5 Å². The molecule has 4 aromatic rings. The monoisotopic (exact) mass is 436 g/mol. The van der Waals surface area contributed by atoms with Crippen LogP contribution in [0, 0.1) is 6.92 Å². The fraction of sp³-hybridized carbons (Fsp3) is 0.250. The second-order valence-corrected chi connectivity index (χ2v) is 8.78. The van der Waals surface area contributed by atoms with Crippen LogP contribution >= 0.6 is 0 Å². The van der Waals surface area contributed by atoms with Crippen LogP contribution in [0.2, 0.25) is 0 Å². The Bertz CT molecular complexity index is 1220. The van der Waals surface area contributed by atoms with Crippen molar-refractivity contribution in [3.05, 3.63) is 96.1 Å². The van der Waals surface area contributed by atoms with Gasteiger partial charge in [-0.25, -0.2) is 9.97 Å². The summed E-state index contributed by atoms with van der Waals surface area (Å²) in [6, 6.07) is 19.9. The van der Waals surface area contributed by atoms with Gasteiger partial charge in [0.2, 0.25) is 0 Å². The summed E-state index contributed by atoms with van der Waals surface area (Å²) in [6.07, 6.45) is 7.81. The van der Waals surface area contributed by atoms with E-state index in [-0.39, 0.29) is 0 Å². The molecule has 1 fully saturated rings. The van der Waals surface area contributed by atoms with E-state index in [1.165, 1.54) is 16.7 Å². The Labute approximate surface area is 194 Å². The molecule has 0 bridgehead atoms. The number of aromatic nitrogens is 3. The van der Waals surface area contributed by atoms with Crippen LogP contribution in [0.4, 0.5) is 0 Å². The highest BCUT2D eigenvalue weighted by Gasteiger charge is 2.26. The van der Waals surface area contributed by atoms with Gasteiger partial charge in [0.25, 0.3) is 0 Å². The molecule has 2 aromatic heterocycles. The molecule has 1 saturated heterocycles. The predicted molar refractivity (Wildman–Crippen MR) is 131 cm³/mol. The van der Waals surface area contributed by atoms with Crippen LogP contribution in [0.5, 0.6) is 5.75 Å². The lowest BCUT2D eigenvalue weighted by Crippen LogP contribution is -2.34.